The first kappa shape index (κ1) is 27.7. The third-order valence-corrected chi connectivity index (χ3v) is 4.73. The van der Waals surface area contributed by atoms with Gasteiger partial charge in [-0.3, -0.25) is 0 Å². The number of hydrogen-bond donors (Lipinski definition) is 0. The van der Waals surface area contributed by atoms with Crippen LogP contribution in [0.5, 0.6) is 17.2 Å². The number of hydrogen-bond acceptors (Lipinski definition) is 4. The van der Waals surface area contributed by atoms with Crippen molar-refractivity contribution in [3.8, 4) is 17.2 Å². The lowest BCUT2D eigenvalue weighted by atomic mass is 9.94. The van der Waals surface area contributed by atoms with E-state index in [0.29, 0.717) is 23.1 Å². The molecule has 1 aromatic rings. The van der Waals surface area contributed by atoms with Crippen LogP contribution in [0.25, 0.3) is 0 Å². The van der Waals surface area contributed by atoms with Gasteiger partial charge in [-0.25, -0.2) is 9.38 Å². The second-order valence-electron chi connectivity index (χ2n) is 7.12. The quantitative estimate of drug-likeness (QED) is 0.301. The molecule has 0 spiro atoms. The van der Waals surface area contributed by atoms with E-state index < -0.39 is 6.17 Å². The Hall–Kier alpha value is -3.34. The molecule has 0 amide bonds. The number of methoxy groups -OCH3 is 2. The minimum atomic E-state index is -1.03. The van der Waals surface area contributed by atoms with E-state index in [1.807, 2.05) is 31.2 Å². The van der Waals surface area contributed by atoms with Crippen molar-refractivity contribution in [3.05, 3.63) is 90.7 Å². The molecule has 1 heterocycles. The average Bonchev–Trinajstić information content (AvgIpc) is 2.82. The van der Waals surface area contributed by atoms with Gasteiger partial charge < -0.3 is 14.2 Å². The first-order chi connectivity index (χ1) is 15.9. The Morgan fingerprint density at radius 1 is 1.21 bits per heavy atom. The predicted octanol–water partition coefficient (Wildman–Crippen LogP) is 7.57. The summed E-state index contributed by atoms with van der Waals surface area (Å²) in [5.41, 5.74) is 2.55. The Morgan fingerprint density at radius 2 is 1.91 bits per heavy atom. The van der Waals surface area contributed by atoms with Crippen molar-refractivity contribution >= 4 is 5.90 Å². The molecule has 0 radical (unpaired) electrons. The van der Waals surface area contributed by atoms with E-state index in [2.05, 4.69) is 39.2 Å². The summed E-state index contributed by atoms with van der Waals surface area (Å²) < 4.78 is 30.2. The number of allylic oxidation sites excluding steroid dienone is 7. The van der Waals surface area contributed by atoms with Crippen LogP contribution in [-0.2, 0) is 0 Å². The fourth-order valence-corrected chi connectivity index (χ4v) is 3.06. The van der Waals surface area contributed by atoms with Crippen LogP contribution in [0.15, 0.2) is 95.7 Å². The molecule has 1 aromatic carbocycles. The summed E-state index contributed by atoms with van der Waals surface area (Å²) in [7, 11) is 3.17. The third kappa shape index (κ3) is 8.26. The largest absolute Gasteiger partial charge is 0.493 e. The molecule has 2 atom stereocenters. The van der Waals surface area contributed by atoms with Gasteiger partial charge in [-0.15, -0.1) is 13.2 Å². The smallest absolute Gasteiger partial charge is 0.223 e. The number of alkyl halides is 1. The van der Waals surface area contributed by atoms with Gasteiger partial charge in [-0.1, -0.05) is 56.4 Å². The van der Waals surface area contributed by atoms with Crippen LogP contribution < -0.4 is 14.2 Å². The van der Waals surface area contributed by atoms with Gasteiger partial charge in [0.25, 0.3) is 0 Å². The summed E-state index contributed by atoms with van der Waals surface area (Å²) in [6.07, 6.45) is 13.3. The number of benzene rings is 1. The van der Waals surface area contributed by atoms with Crippen molar-refractivity contribution in [3.63, 3.8) is 0 Å². The first-order valence-corrected chi connectivity index (χ1v) is 11.0. The molecule has 0 fully saturated rings. The van der Waals surface area contributed by atoms with Gasteiger partial charge in [0.15, 0.2) is 11.5 Å². The molecule has 0 saturated heterocycles. The topological polar surface area (TPSA) is 40.0 Å². The van der Waals surface area contributed by atoms with Crippen LogP contribution in [0, 0.1) is 5.92 Å². The molecule has 5 heteroatoms. The number of aliphatic imine (C=N–C) groups is 1. The summed E-state index contributed by atoms with van der Waals surface area (Å²) in [6, 6.07) is 5.37. The lowest BCUT2D eigenvalue weighted by Crippen LogP contribution is -2.20. The minimum Gasteiger partial charge on any atom is -0.493 e. The highest BCUT2D eigenvalue weighted by atomic mass is 19.1. The minimum absolute atomic E-state index is 0.0651. The zero-order chi connectivity index (χ0) is 24.8. The first-order valence-electron chi connectivity index (χ1n) is 11.0. The Kier molecular flexibility index (Phi) is 12.3. The van der Waals surface area contributed by atoms with E-state index in [0.717, 1.165) is 23.3 Å². The van der Waals surface area contributed by atoms with E-state index in [9.17, 15) is 4.39 Å². The van der Waals surface area contributed by atoms with Gasteiger partial charge in [0, 0.05) is 17.6 Å². The van der Waals surface area contributed by atoms with Crippen LogP contribution in [0.1, 0.15) is 34.1 Å². The van der Waals surface area contributed by atoms with Crippen LogP contribution in [0.4, 0.5) is 4.39 Å². The summed E-state index contributed by atoms with van der Waals surface area (Å²) in [5, 5.41) is 0. The van der Waals surface area contributed by atoms with Gasteiger partial charge in [0.05, 0.1) is 19.9 Å². The van der Waals surface area contributed by atoms with Crippen molar-refractivity contribution < 1.29 is 18.6 Å². The van der Waals surface area contributed by atoms with Crippen LogP contribution >= 0.6 is 0 Å². The molecule has 178 valence electrons. The second-order valence-corrected chi connectivity index (χ2v) is 7.12. The Bertz CT molecular complexity index is 952. The molecule has 0 aromatic heterocycles. The molecule has 33 heavy (non-hydrogen) atoms. The molecule has 0 bridgehead atoms. The normalized spacial score (nSPS) is 18.5. The fourth-order valence-electron chi connectivity index (χ4n) is 3.06. The standard InChI is InChI=1S/C26H32FNO3.C2H4/c1-7-9-10-11-22-18(3)16-23(20(8-2)13-12-19(4)27)28-26(22)31-21-14-15-24(29-5)25(17-21)30-6;1-2/h8-19H,7H2,1-6H3;1-2H2/b10-9-,13-12-,20-8+,22-11+;. The van der Waals surface area contributed by atoms with Crippen molar-refractivity contribution in [2.45, 2.75) is 40.3 Å². The van der Waals surface area contributed by atoms with E-state index in [-0.39, 0.29) is 5.92 Å². The second kappa shape index (κ2) is 14.7. The molecule has 4 nitrogen and oxygen atoms in total. The highest BCUT2D eigenvalue weighted by Gasteiger charge is 2.22. The Balaban J connectivity index is 0.00000265. The van der Waals surface area contributed by atoms with Gasteiger partial charge in [-0.05, 0) is 38.0 Å². The molecule has 0 aliphatic carbocycles. The summed E-state index contributed by atoms with van der Waals surface area (Å²) in [6.45, 7) is 13.6. The van der Waals surface area contributed by atoms with Crippen molar-refractivity contribution in [2.75, 3.05) is 14.2 Å². The molecule has 1 aliphatic rings. The zero-order valence-electron chi connectivity index (χ0n) is 20.6. The molecule has 2 unspecified atom stereocenters. The Morgan fingerprint density at radius 3 is 2.48 bits per heavy atom. The van der Waals surface area contributed by atoms with Gasteiger partial charge >= 0.3 is 0 Å². The van der Waals surface area contributed by atoms with Gasteiger partial charge in [0.1, 0.15) is 11.9 Å². The van der Waals surface area contributed by atoms with Crippen molar-refractivity contribution in [2.24, 2.45) is 10.9 Å². The van der Waals surface area contributed by atoms with E-state index in [4.69, 9.17) is 19.2 Å². The van der Waals surface area contributed by atoms with Crippen LogP contribution in [0.2, 0.25) is 0 Å². The maximum atomic E-state index is 13.3. The monoisotopic (exact) mass is 453 g/mol. The third-order valence-electron chi connectivity index (χ3n) is 4.73. The molecule has 2 rings (SSSR count). The lowest BCUT2D eigenvalue weighted by molar-refractivity contribution is 0.353. The molecular weight excluding hydrogens is 417 g/mol. The number of ether oxygens (including phenoxy) is 3. The van der Waals surface area contributed by atoms with E-state index in [1.165, 1.54) is 13.0 Å². The number of halogens is 1. The maximum absolute atomic E-state index is 13.3. The van der Waals surface area contributed by atoms with E-state index in [1.54, 1.807) is 32.4 Å². The van der Waals surface area contributed by atoms with Crippen LogP contribution in [-0.4, -0.2) is 26.3 Å². The number of rotatable bonds is 8. The van der Waals surface area contributed by atoms with Crippen molar-refractivity contribution in [1.29, 1.82) is 0 Å². The molecule has 0 saturated carbocycles. The SMILES string of the molecule is C/C=C(\C=C/C(C)F)C1=CC(C)/C(=C\C=C/CC)C(Oc2ccc(OC)c(OC)c2)=N1.C=C. The van der Waals surface area contributed by atoms with Crippen LogP contribution in [0.3, 0.4) is 0 Å². The molecular formula is C28H36FNO3. The zero-order valence-corrected chi connectivity index (χ0v) is 20.6. The highest BCUT2D eigenvalue weighted by molar-refractivity contribution is 5.98. The molecule has 0 N–H and O–H groups in total. The average molecular weight is 454 g/mol. The highest BCUT2D eigenvalue weighted by Crippen LogP contribution is 2.33. The predicted molar refractivity (Wildman–Crippen MR) is 137 cm³/mol. The van der Waals surface area contributed by atoms with Gasteiger partial charge in [-0.2, -0.15) is 0 Å². The lowest BCUT2D eigenvalue weighted by Gasteiger charge is -2.22. The molecule has 1 aliphatic heterocycles. The number of nitrogens with zero attached hydrogens (tertiary/aromatic N) is 1. The van der Waals surface area contributed by atoms with E-state index >= 15 is 0 Å². The Labute approximate surface area is 198 Å². The summed E-state index contributed by atoms with van der Waals surface area (Å²) in [5.74, 6) is 2.35. The summed E-state index contributed by atoms with van der Waals surface area (Å²) in [4.78, 5) is 4.77. The summed E-state index contributed by atoms with van der Waals surface area (Å²) >= 11 is 0. The maximum Gasteiger partial charge on any atom is 0.223 e. The fraction of sp³-hybridized carbons (Fsp3) is 0.321. The van der Waals surface area contributed by atoms with Crippen molar-refractivity contribution in [1.82, 2.24) is 0 Å². The van der Waals surface area contributed by atoms with Gasteiger partial charge in [0.2, 0.25) is 5.90 Å².